The fraction of sp³-hybridized carbons (Fsp3) is 0.500. The highest BCUT2D eigenvalue weighted by molar-refractivity contribution is 9.10. The molecule has 0 aromatic heterocycles. The topological polar surface area (TPSA) is 38.0 Å². The number of nitrogens with two attached hydrogens (primary N) is 1. The Morgan fingerprint density at radius 1 is 1.40 bits per heavy atom. The molecule has 0 fully saturated rings. The predicted molar refractivity (Wildman–Crippen MR) is 68.9 cm³/mol. The molecule has 0 aliphatic carbocycles. The molecular weight excluding hydrogens is 252 g/mol. The fourth-order valence-corrected chi connectivity index (χ4v) is 1.65. The van der Waals surface area contributed by atoms with E-state index in [1.807, 2.05) is 0 Å². The number of halogens is 1. The number of rotatable bonds is 4. The van der Waals surface area contributed by atoms with Gasteiger partial charge in [-0.05, 0) is 44.0 Å². The average molecular weight is 271 g/mol. The van der Waals surface area contributed by atoms with E-state index >= 15 is 0 Å². The Bertz CT molecular complexity index is 334. The second-order valence-corrected chi connectivity index (χ2v) is 5.43. The molecular formula is C12H19BrN2. The number of hydrogen-bond donors (Lipinski definition) is 2. The molecule has 3 N–H and O–H groups in total. The van der Waals surface area contributed by atoms with Crippen LogP contribution in [0.4, 0.5) is 0 Å². The van der Waals surface area contributed by atoms with Crippen LogP contribution in [0.2, 0.25) is 0 Å². The minimum atomic E-state index is -0.00520. The van der Waals surface area contributed by atoms with Crippen molar-refractivity contribution in [2.75, 3.05) is 6.54 Å². The molecule has 0 saturated heterocycles. The van der Waals surface area contributed by atoms with Crippen molar-refractivity contribution in [2.45, 2.75) is 32.9 Å². The highest BCUT2D eigenvalue weighted by Gasteiger charge is 2.14. The summed E-state index contributed by atoms with van der Waals surface area (Å²) < 4.78 is 1.12. The minimum absolute atomic E-state index is 0.00520. The Morgan fingerprint density at radius 2 is 2.07 bits per heavy atom. The average Bonchev–Trinajstić information content (AvgIpc) is 2.20. The lowest BCUT2D eigenvalue weighted by Gasteiger charge is -2.24. The van der Waals surface area contributed by atoms with Crippen molar-refractivity contribution in [3.05, 3.63) is 33.8 Å². The van der Waals surface area contributed by atoms with Gasteiger partial charge in [-0.3, -0.25) is 0 Å². The first kappa shape index (κ1) is 12.7. The molecule has 1 aromatic carbocycles. The van der Waals surface area contributed by atoms with Crippen molar-refractivity contribution in [2.24, 2.45) is 5.73 Å². The van der Waals surface area contributed by atoms with Crippen LogP contribution >= 0.6 is 15.9 Å². The second kappa shape index (κ2) is 5.10. The molecule has 0 amide bonds. The summed E-state index contributed by atoms with van der Waals surface area (Å²) in [6, 6.07) is 6.33. The molecule has 0 aliphatic rings. The van der Waals surface area contributed by atoms with E-state index in [4.69, 9.17) is 5.73 Å². The smallest absolute Gasteiger partial charge is 0.0250 e. The van der Waals surface area contributed by atoms with Gasteiger partial charge in [0.15, 0.2) is 0 Å². The summed E-state index contributed by atoms with van der Waals surface area (Å²) >= 11 is 3.48. The van der Waals surface area contributed by atoms with Gasteiger partial charge in [0.2, 0.25) is 0 Å². The fourth-order valence-electron chi connectivity index (χ4n) is 1.24. The maximum Gasteiger partial charge on any atom is 0.0250 e. The van der Waals surface area contributed by atoms with Gasteiger partial charge < -0.3 is 11.1 Å². The lowest BCUT2D eigenvalue weighted by atomic mass is 10.0. The van der Waals surface area contributed by atoms with Gasteiger partial charge in [-0.2, -0.15) is 0 Å². The number of benzene rings is 1. The minimum Gasteiger partial charge on any atom is -0.329 e. The van der Waals surface area contributed by atoms with E-state index in [0.717, 1.165) is 11.0 Å². The zero-order valence-corrected chi connectivity index (χ0v) is 11.2. The van der Waals surface area contributed by atoms with Gasteiger partial charge >= 0.3 is 0 Å². The van der Waals surface area contributed by atoms with Crippen LogP contribution in [-0.4, -0.2) is 12.1 Å². The highest BCUT2D eigenvalue weighted by Crippen LogP contribution is 2.16. The summed E-state index contributed by atoms with van der Waals surface area (Å²) in [7, 11) is 0. The Morgan fingerprint density at radius 3 is 2.67 bits per heavy atom. The van der Waals surface area contributed by atoms with Crippen LogP contribution in [0, 0.1) is 6.92 Å². The van der Waals surface area contributed by atoms with Crippen LogP contribution in [0.1, 0.15) is 25.0 Å². The molecule has 0 heterocycles. The Hall–Kier alpha value is -0.380. The summed E-state index contributed by atoms with van der Waals surface area (Å²) in [5, 5.41) is 3.45. The van der Waals surface area contributed by atoms with Gasteiger partial charge in [0.1, 0.15) is 0 Å². The van der Waals surface area contributed by atoms with Crippen LogP contribution in [-0.2, 0) is 6.54 Å². The Kier molecular flexibility index (Phi) is 4.32. The summed E-state index contributed by atoms with van der Waals surface area (Å²) in [6.45, 7) is 7.84. The third-order valence-electron chi connectivity index (χ3n) is 2.58. The van der Waals surface area contributed by atoms with Crippen LogP contribution in [0.3, 0.4) is 0 Å². The summed E-state index contributed by atoms with van der Waals surface area (Å²) in [4.78, 5) is 0. The number of hydrogen-bond acceptors (Lipinski definition) is 2. The largest absolute Gasteiger partial charge is 0.329 e. The zero-order valence-electron chi connectivity index (χ0n) is 9.60. The normalized spacial score (nSPS) is 11.8. The Balaban J connectivity index is 2.69. The van der Waals surface area contributed by atoms with E-state index in [9.17, 15) is 0 Å². The molecule has 84 valence electrons. The van der Waals surface area contributed by atoms with Gasteiger partial charge in [-0.15, -0.1) is 0 Å². The van der Waals surface area contributed by atoms with Gasteiger partial charge in [-0.1, -0.05) is 22.0 Å². The first-order chi connectivity index (χ1) is 6.94. The lowest BCUT2D eigenvalue weighted by molar-refractivity contribution is 0.396. The van der Waals surface area contributed by atoms with E-state index in [1.165, 1.54) is 11.1 Å². The van der Waals surface area contributed by atoms with Crippen molar-refractivity contribution in [3.8, 4) is 0 Å². The van der Waals surface area contributed by atoms with Crippen molar-refractivity contribution in [3.63, 3.8) is 0 Å². The van der Waals surface area contributed by atoms with Crippen LogP contribution in [0.25, 0.3) is 0 Å². The first-order valence-corrected chi connectivity index (χ1v) is 5.94. The quantitative estimate of drug-likeness (QED) is 0.883. The molecule has 0 bridgehead atoms. The Labute approximate surface area is 100 Å². The molecule has 1 rings (SSSR count). The van der Waals surface area contributed by atoms with Crippen molar-refractivity contribution < 1.29 is 0 Å². The van der Waals surface area contributed by atoms with Gasteiger partial charge in [0, 0.05) is 23.1 Å². The number of aryl methyl sites for hydroxylation is 1. The summed E-state index contributed by atoms with van der Waals surface area (Å²) in [5.41, 5.74) is 8.28. The molecule has 0 spiro atoms. The molecule has 3 heteroatoms. The lowest BCUT2D eigenvalue weighted by Crippen LogP contribution is -2.45. The highest BCUT2D eigenvalue weighted by atomic mass is 79.9. The standard InChI is InChI=1S/C12H19BrN2/c1-9-4-5-11(13)6-10(9)7-15-12(2,3)8-14/h4-6,15H,7-8,14H2,1-3H3. The van der Waals surface area contributed by atoms with Crippen molar-refractivity contribution in [1.29, 1.82) is 0 Å². The maximum absolute atomic E-state index is 5.67. The maximum atomic E-state index is 5.67. The number of nitrogens with one attached hydrogen (secondary N) is 1. The van der Waals surface area contributed by atoms with E-state index in [2.05, 4.69) is 60.2 Å². The second-order valence-electron chi connectivity index (χ2n) is 4.51. The molecule has 1 aromatic rings. The zero-order chi connectivity index (χ0) is 11.5. The summed E-state index contributed by atoms with van der Waals surface area (Å²) in [6.07, 6.45) is 0. The van der Waals surface area contributed by atoms with Crippen LogP contribution in [0.5, 0.6) is 0 Å². The van der Waals surface area contributed by atoms with Crippen LogP contribution in [0.15, 0.2) is 22.7 Å². The predicted octanol–water partition coefficient (Wildman–Crippen LogP) is 2.58. The van der Waals surface area contributed by atoms with Crippen molar-refractivity contribution >= 4 is 15.9 Å². The third kappa shape index (κ3) is 3.93. The molecule has 0 radical (unpaired) electrons. The van der Waals surface area contributed by atoms with E-state index in [-0.39, 0.29) is 5.54 Å². The van der Waals surface area contributed by atoms with Crippen LogP contribution < -0.4 is 11.1 Å². The molecule has 0 aliphatic heterocycles. The molecule has 0 atom stereocenters. The van der Waals surface area contributed by atoms with E-state index in [1.54, 1.807) is 0 Å². The first-order valence-electron chi connectivity index (χ1n) is 5.15. The summed E-state index contributed by atoms with van der Waals surface area (Å²) in [5.74, 6) is 0. The van der Waals surface area contributed by atoms with Gasteiger partial charge in [0.05, 0.1) is 0 Å². The molecule has 0 saturated carbocycles. The van der Waals surface area contributed by atoms with E-state index < -0.39 is 0 Å². The van der Waals surface area contributed by atoms with E-state index in [0.29, 0.717) is 6.54 Å². The SMILES string of the molecule is Cc1ccc(Br)cc1CNC(C)(C)CN. The van der Waals surface area contributed by atoms with Gasteiger partial charge in [0.25, 0.3) is 0 Å². The monoisotopic (exact) mass is 270 g/mol. The molecule has 2 nitrogen and oxygen atoms in total. The third-order valence-corrected chi connectivity index (χ3v) is 3.07. The molecule has 0 unspecified atom stereocenters. The van der Waals surface area contributed by atoms with Crippen molar-refractivity contribution in [1.82, 2.24) is 5.32 Å². The van der Waals surface area contributed by atoms with Gasteiger partial charge in [-0.25, -0.2) is 0 Å². The molecule has 15 heavy (non-hydrogen) atoms.